The predicted molar refractivity (Wildman–Crippen MR) is 78.0 cm³/mol. The highest BCUT2D eigenvalue weighted by Gasteiger charge is 2.16. The summed E-state index contributed by atoms with van der Waals surface area (Å²) in [5.74, 6) is 0. The van der Waals surface area contributed by atoms with Gasteiger partial charge in [0.25, 0.3) is 0 Å². The van der Waals surface area contributed by atoms with Crippen molar-refractivity contribution in [3.8, 4) is 0 Å². The summed E-state index contributed by atoms with van der Waals surface area (Å²) in [6, 6.07) is 7.54. The lowest BCUT2D eigenvalue weighted by Crippen LogP contribution is -2.30. The highest BCUT2D eigenvalue weighted by molar-refractivity contribution is 5.34. The minimum Gasteiger partial charge on any atom is -0.315 e. The summed E-state index contributed by atoms with van der Waals surface area (Å²) in [6.45, 7) is 12.3. The molecule has 1 unspecified atom stereocenters. The van der Waals surface area contributed by atoms with Crippen molar-refractivity contribution in [2.24, 2.45) is 0 Å². The Hall–Kier alpha value is -0.860. The summed E-state index contributed by atoms with van der Waals surface area (Å²) in [4.78, 5) is 0. The Morgan fingerprint density at radius 2 is 2.11 bits per heavy atom. The largest absolute Gasteiger partial charge is 0.315 e. The minimum atomic E-state index is 0.242. The zero-order chi connectivity index (χ0) is 13.2. The van der Waals surface area contributed by atoms with Crippen LogP contribution in [0.4, 0.5) is 0 Å². The first-order valence-electron chi connectivity index (χ1n) is 7.01. The van der Waals surface area contributed by atoms with Crippen molar-refractivity contribution >= 4 is 0 Å². The number of hydrogen-bond acceptors (Lipinski definition) is 2. The molecule has 1 aromatic carbocycles. The van der Waals surface area contributed by atoms with Crippen LogP contribution in [0.25, 0.3) is 0 Å². The van der Waals surface area contributed by atoms with Gasteiger partial charge in [0.1, 0.15) is 0 Å². The molecule has 1 heterocycles. The second-order valence-electron chi connectivity index (χ2n) is 6.46. The third kappa shape index (κ3) is 3.33. The molecule has 0 spiro atoms. The van der Waals surface area contributed by atoms with Gasteiger partial charge in [0.15, 0.2) is 0 Å². The van der Waals surface area contributed by atoms with Crippen LogP contribution in [0.2, 0.25) is 0 Å². The van der Waals surface area contributed by atoms with Crippen LogP contribution in [0.3, 0.4) is 0 Å². The fourth-order valence-electron chi connectivity index (χ4n) is 2.44. The van der Waals surface area contributed by atoms with E-state index in [0.717, 1.165) is 19.6 Å². The maximum absolute atomic E-state index is 3.63. The summed E-state index contributed by atoms with van der Waals surface area (Å²) in [5, 5.41) is 7.02. The van der Waals surface area contributed by atoms with E-state index < -0.39 is 0 Å². The van der Waals surface area contributed by atoms with Crippen LogP contribution in [-0.2, 0) is 12.0 Å². The van der Waals surface area contributed by atoms with Gasteiger partial charge in [0.2, 0.25) is 0 Å². The Bertz CT molecular complexity index is 398. The number of benzene rings is 1. The molecule has 1 fully saturated rings. The second kappa shape index (κ2) is 5.41. The van der Waals surface area contributed by atoms with Gasteiger partial charge < -0.3 is 10.6 Å². The molecule has 2 nitrogen and oxygen atoms in total. The molecule has 100 valence electrons. The standard InChI is InChI=1S/C16H26N2/c1-12-9-14(16(2,3)4)6-5-13(12)10-18-15-7-8-17-11-15/h5-6,9,15,17-18H,7-8,10-11H2,1-4H3. The van der Waals surface area contributed by atoms with Crippen LogP contribution in [0, 0.1) is 6.92 Å². The van der Waals surface area contributed by atoms with Gasteiger partial charge in [-0.3, -0.25) is 0 Å². The van der Waals surface area contributed by atoms with Crippen molar-refractivity contribution in [2.45, 2.75) is 52.1 Å². The Labute approximate surface area is 111 Å². The molecule has 1 saturated heterocycles. The van der Waals surface area contributed by atoms with Gasteiger partial charge >= 0.3 is 0 Å². The summed E-state index contributed by atoms with van der Waals surface area (Å²) in [7, 11) is 0. The normalized spacial score (nSPS) is 20.3. The maximum atomic E-state index is 3.63. The average Bonchev–Trinajstić information content (AvgIpc) is 2.79. The Balaban J connectivity index is 2.01. The van der Waals surface area contributed by atoms with Crippen molar-refractivity contribution in [1.29, 1.82) is 0 Å². The van der Waals surface area contributed by atoms with E-state index >= 15 is 0 Å². The molecule has 0 bridgehead atoms. The van der Waals surface area contributed by atoms with Crippen molar-refractivity contribution in [1.82, 2.24) is 10.6 Å². The van der Waals surface area contributed by atoms with E-state index in [2.05, 4.69) is 56.5 Å². The van der Waals surface area contributed by atoms with Gasteiger partial charge in [-0.2, -0.15) is 0 Å². The zero-order valence-electron chi connectivity index (χ0n) is 12.1. The molecule has 2 heteroatoms. The first-order valence-corrected chi connectivity index (χ1v) is 7.01. The van der Waals surface area contributed by atoms with Gasteiger partial charge in [-0.1, -0.05) is 39.0 Å². The van der Waals surface area contributed by atoms with Crippen molar-refractivity contribution in [3.63, 3.8) is 0 Å². The lowest BCUT2D eigenvalue weighted by Gasteiger charge is -2.21. The molecule has 0 aromatic heterocycles. The van der Waals surface area contributed by atoms with Crippen LogP contribution in [-0.4, -0.2) is 19.1 Å². The van der Waals surface area contributed by atoms with E-state index in [1.165, 1.54) is 23.1 Å². The van der Waals surface area contributed by atoms with Crippen LogP contribution in [0.5, 0.6) is 0 Å². The smallest absolute Gasteiger partial charge is 0.0211 e. The van der Waals surface area contributed by atoms with Gasteiger partial charge in [-0.15, -0.1) is 0 Å². The molecule has 2 N–H and O–H groups in total. The van der Waals surface area contributed by atoms with E-state index in [1.54, 1.807) is 0 Å². The third-order valence-corrected chi connectivity index (χ3v) is 3.85. The number of aryl methyl sites for hydroxylation is 1. The van der Waals surface area contributed by atoms with E-state index in [9.17, 15) is 0 Å². The molecule has 2 rings (SSSR count). The monoisotopic (exact) mass is 246 g/mol. The molecule has 0 amide bonds. The predicted octanol–water partition coefficient (Wildman–Crippen LogP) is 2.74. The molecule has 1 atom stereocenters. The van der Waals surface area contributed by atoms with Gasteiger partial charge in [0, 0.05) is 19.1 Å². The molecule has 1 aliphatic rings. The van der Waals surface area contributed by atoms with Gasteiger partial charge in [-0.25, -0.2) is 0 Å². The summed E-state index contributed by atoms with van der Waals surface area (Å²) < 4.78 is 0. The Kier molecular flexibility index (Phi) is 4.08. The lowest BCUT2D eigenvalue weighted by molar-refractivity contribution is 0.545. The van der Waals surface area contributed by atoms with Crippen molar-refractivity contribution in [3.05, 3.63) is 34.9 Å². The quantitative estimate of drug-likeness (QED) is 0.857. The fraction of sp³-hybridized carbons (Fsp3) is 0.625. The van der Waals surface area contributed by atoms with E-state index in [1.807, 2.05) is 0 Å². The van der Waals surface area contributed by atoms with Gasteiger partial charge in [0.05, 0.1) is 0 Å². The first kappa shape index (κ1) is 13.6. The second-order valence-corrected chi connectivity index (χ2v) is 6.46. The van der Waals surface area contributed by atoms with Gasteiger partial charge in [-0.05, 0) is 42.0 Å². The van der Waals surface area contributed by atoms with E-state index in [0.29, 0.717) is 6.04 Å². The zero-order valence-corrected chi connectivity index (χ0v) is 12.1. The topological polar surface area (TPSA) is 24.1 Å². The molecular weight excluding hydrogens is 220 g/mol. The van der Waals surface area contributed by atoms with Crippen LogP contribution < -0.4 is 10.6 Å². The molecule has 1 aromatic rings. The van der Waals surface area contributed by atoms with Crippen LogP contribution in [0.1, 0.15) is 43.9 Å². The van der Waals surface area contributed by atoms with E-state index in [4.69, 9.17) is 0 Å². The molecule has 0 saturated carbocycles. The highest BCUT2D eigenvalue weighted by atomic mass is 15.0. The van der Waals surface area contributed by atoms with Crippen molar-refractivity contribution in [2.75, 3.05) is 13.1 Å². The lowest BCUT2D eigenvalue weighted by atomic mass is 9.85. The Morgan fingerprint density at radius 3 is 2.67 bits per heavy atom. The van der Waals surface area contributed by atoms with Crippen LogP contribution >= 0.6 is 0 Å². The molecular formula is C16H26N2. The molecule has 0 radical (unpaired) electrons. The molecule has 18 heavy (non-hydrogen) atoms. The van der Waals surface area contributed by atoms with E-state index in [-0.39, 0.29) is 5.41 Å². The summed E-state index contributed by atoms with van der Waals surface area (Å²) in [5.41, 5.74) is 4.49. The fourth-order valence-corrected chi connectivity index (χ4v) is 2.44. The SMILES string of the molecule is Cc1cc(C(C)(C)C)ccc1CNC1CCNC1. The summed E-state index contributed by atoms with van der Waals surface area (Å²) >= 11 is 0. The van der Waals surface area contributed by atoms with Crippen LogP contribution in [0.15, 0.2) is 18.2 Å². The maximum Gasteiger partial charge on any atom is 0.0211 e. The molecule has 1 aliphatic heterocycles. The average molecular weight is 246 g/mol. The first-order chi connectivity index (χ1) is 8.47. The third-order valence-electron chi connectivity index (χ3n) is 3.85. The van der Waals surface area contributed by atoms with Crippen molar-refractivity contribution < 1.29 is 0 Å². The highest BCUT2D eigenvalue weighted by Crippen LogP contribution is 2.24. The number of nitrogens with one attached hydrogen (secondary N) is 2. The summed E-state index contributed by atoms with van der Waals surface area (Å²) in [6.07, 6.45) is 1.25. The number of hydrogen-bond donors (Lipinski definition) is 2. The molecule has 0 aliphatic carbocycles. The minimum absolute atomic E-state index is 0.242. The Morgan fingerprint density at radius 1 is 1.33 bits per heavy atom. The number of rotatable bonds is 3.